The standard InChI is InChI=1S/C19H15NO4/c1-24-11-17-15(10-14-4-2-3-5-16(14)20-17)18(21)12-6-8-13(9-7-12)19(22)23/h2-10H,11H2,1H3,(H,22,23). The van der Waals surface area contributed by atoms with Gasteiger partial charge >= 0.3 is 5.97 Å². The van der Waals surface area contributed by atoms with Crippen LogP contribution in [0.4, 0.5) is 0 Å². The second-order valence-electron chi connectivity index (χ2n) is 5.32. The van der Waals surface area contributed by atoms with Crippen molar-refractivity contribution in [3.8, 4) is 0 Å². The van der Waals surface area contributed by atoms with E-state index in [1.54, 1.807) is 13.2 Å². The highest BCUT2D eigenvalue weighted by Gasteiger charge is 2.16. The van der Waals surface area contributed by atoms with Gasteiger partial charge in [0.25, 0.3) is 0 Å². The molecule has 2 aromatic carbocycles. The SMILES string of the molecule is COCc1nc2ccccc2cc1C(=O)c1ccc(C(=O)O)cc1. The number of ether oxygens (including phenoxy) is 1. The molecule has 24 heavy (non-hydrogen) atoms. The molecule has 5 nitrogen and oxygen atoms in total. The van der Waals surface area contributed by atoms with E-state index in [9.17, 15) is 9.59 Å². The van der Waals surface area contributed by atoms with Gasteiger partial charge in [-0.25, -0.2) is 9.78 Å². The van der Waals surface area contributed by atoms with E-state index in [4.69, 9.17) is 9.84 Å². The highest BCUT2D eigenvalue weighted by molar-refractivity contribution is 6.11. The number of benzene rings is 2. The Kier molecular flexibility index (Phi) is 4.35. The van der Waals surface area contributed by atoms with E-state index < -0.39 is 5.97 Å². The van der Waals surface area contributed by atoms with Crippen LogP contribution in [0.15, 0.2) is 54.6 Å². The van der Waals surface area contributed by atoms with Gasteiger partial charge in [-0.05, 0) is 24.3 Å². The Morgan fingerprint density at radius 3 is 2.38 bits per heavy atom. The molecule has 0 saturated carbocycles. The van der Waals surface area contributed by atoms with E-state index in [2.05, 4.69) is 4.98 Å². The van der Waals surface area contributed by atoms with Gasteiger partial charge in [-0.3, -0.25) is 4.79 Å². The first-order valence-corrected chi connectivity index (χ1v) is 7.36. The first-order valence-electron chi connectivity index (χ1n) is 7.36. The van der Waals surface area contributed by atoms with Crippen LogP contribution in [0.25, 0.3) is 10.9 Å². The average Bonchev–Trinajstić information content (AvgIpc) is 2.61. The quantitative estimate of drug-likeness (QED) is 0.730. The Labute approximate surface area is 138 Å². The average molecular weight is 321 g/mol. The highest BCUT2D eigenvalue weighted by Crippen LogP contribution is 2.21. The van der Waals surface area contributed by atoms with Crippen LogP contribution < -0.4 is 0 Å². The zero-order valence-electron chi connectivity index (χ0n) is 13.0. The van der Waals surface area contributed by atoms with Gasteiger partial charge in [0.1, 0.15) is 0 Å². The van der Waals surface area contributed by atoms with Gasteiger partial charge in [0.2, 0.25) is 0 Å². The normalized spacial score (nSPS) is 10.7. The van der Waals surface area contributed by atoms with Crippen LogP contribution in [0.1, 0.15) is 32.0 Å². The smallest absolute Gasteiger partial charge is 0.335 e. The molecule has 1 aromatic heterocycles. The third-order valence-corrected chi connectivity index (χ3v) is 3.72. The Morgan fingerprint density at radius 2 is 1.71 bits per heavy atom. The number of pyridine rings is 1. The van der Waals surface area contributed by atoms with Crippen molar-refractivity contribution < 1.29 is 19.4 Å². The first-order chi connectivity index (χ1) is 11.6. The number of carbonyl (C=O) groups is 2. The Bertz CT molecular complexity index is 916. The summed E-state index contributed by atoms with van der Waals surface area (Å²) in [5.74, 6) is -1.24. The van der Waals surface area contributed by atoms with Crippen LogP contribution in [-0.2, 0) is 11.3 Å². The molecule has 3 aromatic rings. The van der Waals surface area contributed by atoms with E-state index in [1.807, 2.05) is 24.3 Å². The highest BCUT2D eigenvalue weighted by atomic mass is 16.5. The monoisotopic (exact) mass is 321 g/mol. The second kappa shape index (κ2) is 6.60. The number of aromatic carboxylic acids is 1. The summed E-state index contributed by atoms with van der Waals surface area (Å²) in [7, 11) is 1.55. The number of carboxylic acid groups (broad SMARTS) is 1. The van der Waals surface area contributed by atoms with E-state index >= 15 is 0 Å². The number of carboxylic acids is 1. The van der Waals surface area contributed by atoms with Gasteiger partial charge in [0.05, 0.1) is 23.4 Å². The van der Waals surface area contributed by atoms with Crippen LogP contribution >= 0.6 is 0 Å². The number of ketones is 1. The third-order valence-electron chi connectivity index (χ3n) is 3.72. The third kappa shape index (κ3) is 3.02. The minimum Gasteiger partial charge on any atom is -0.478 e. The van der Waals surface area contributed by atoms with Crippen LogP contribution in [0.2, 0.25) is 0 Å². The molecule has 0 fully saturated rings. The zero-order valence-corrected chi connectivity index (χ0v) is 13.0. The van der Waals surface area contributed by atoms with Crippen molar-refractivity contribution in [2.75, 3.05) is 7.11 Å². The lowest BCUT2D eigenvalue weighted by Gasteiger charge is -2.10. The number of para-hydroxylation sites is 1. The van der Waals surface area contributed by atoms with E-state index in [0.717, 1.165) is 10.9 Å². The Balaban J connectivity index is 2.07. The number of hydrogen-bond acceptors (Lipinski definition) is 4. The summed E-state index contributed by atoms with van der Waals surface area (Å²) in [5.41, 5.74) is 2.36. The van der Waals surface area contributed by atoms with Gasteiger partial charge in [-0.2, -0.15) is 0 Å². The molecule has 0 aliphatic rings. The van der Waals surface area contributed by atoms with Crippen LogP contribution in [0.5, 0.6) is 0 Å². The van der Waals surface area contributed by atoms with Crippen LogP contribution in [0, 0.1) is 0 Å². The summed E-state index contributed by atoms with van der Waals surface area (Å²) >= 11 is 0. The molecule has 0 atom stereocenters. The van der Waals surface area contributed by atoms with Gasteiger partial charge < -0.3 is 9.84 Å². The van der Waals surface area contributed by atoms with Crippen molar-refractivity contribution in [1.29, 1.82) is 0 Å². The minimum atomic E-state index is -1.03. The Morgan fingerprint density at radius 1 is 1.04 bits per heavy atom. The molecule has 0 amide bonds. The van der Waals surface area contributed by atoms with Crippen molar-refractivity contribution in [3.63, 3.8) is 0 Å². The predicted octanol–water partition coefficient (Wildman–Crippen LogP) is 3.31. The molecule has 0 aliphatic heterocycles. The van der Waals surface area contributed by atoms with Gasteiger partial charge in [0.15, 0.2) is 5.78 Å². The minimum absolute atomic E-state index is 0.139. The zero-order chi connectivity index (χ0) is 17.1. The molecule has 3 rings (SSSR count). The summed E-state index contributed by atoms with van der Waals surface area (Å²) in [4.78, 5) is 28.3. The molecular weight excluding hydrogens is 306 g/mol. The molecule has 0 radical (unpaired) electrons. The number of nitrogens with zero attached hydrogens (tertiary/aromatic N) is 1. The number of carbonyl (C=O) groups excluding carboxylic acids is 1. The van der Waals surface area contributed by atoms with E-state index in [-0.39, 0.29) is 18.0 Å². The molecule has 0 unspecified atom stereocenters. The first kappa shape index (κ1) is 15.8. The maximum atomic E-state index is 12.8. The van der Waals surface area contributed by atoms with E-state index in [1.165, 1.54) is 24.3 Å². The summed E-state index contributed by atoms with van der Waals surface area (Å²) in [6.07, 6.45) is 0. The maximum absolute atomic E-state index is 12.8. The lowest BCUT2D eigenvalue weighted by molar-refractivity contribution is 0.0696. The fraction of sp³-hybridized carbons (Fsp3) is 0.105. The molecule has 0 spiro atoms. The fourth-order valence-corrected chi connectivity index (χ4v) is 2.52. The Hall–Kier alpha value is -3.05. The molecule has 1 N–H and O–H groups in total. The van der Waals surface area contributed by atoms with Crippen molar-refractivity contribution in [2.45, 2.75) is 6.61 Å². The molecular formula is C19H15NO4. The molecule has 0 bridgehead atoms. The van der Waals surface area contributed by atoms with Gasteiger partial charge in [-0.1, -0.05) is 30.3 Å². The summed E-state index contributed by atoms with van der Waals surface area (Å²) in [5, 5.41) is 9.82. The number of aromatic nitrogens is 1. The van der Waals surface area contributed by atoms with Crippen LogP contribution in [0.3, 0.4) is 0 Å². The predicted molar refractivity (Wildman–Crippen MR) is 89.3 cm³/mol. The summed E-state index contributed by atoms with van der Waals surface area (Å²) < 4.78 is 5.16. The fourth-order valence-electron chi connectivity index (χ4n) is 2.52. The lowest BCUT2D eigenvalue weighted by atomic mass is 9.99. The largest absolute Gasteiger partial charge is 0.478 e. The van der Waals surface area contributed by atoms with Crippen molar-refractivity contribution in [3.05, 3.63) is 77.0 Å². The van der Waals surface area contributed by atoms with Crippen molar-refractivity contribution in [2.24, 2.45) is 0 Å². The van der Waals surface area contributed by atoms with E-state index in [0.29, 0.717) is 16.8 Å². The maximum Gasteiger partial charge on any atom is 0.335 e. The van der Waals surface area contributed by atoms with Gasteiger partial charge in [-0.15, -0.1) is 0 Å². The molecule has 0 saturated heterocycles. The van der Waals surface area contributed by atoms with Crippen LogP contribution in [-0.4, -0.2) is 29.0 Å². The molecule has 120 valence electrons. The molecule has 5 heteroatoms. The lowest BCUT2D eigenvalue weighted by Crippen LogP contribution is -2.09. The van der Waals surface area contributed by atoms with Crippen molar-refractivity contribution in [1.82, 2.24) is 4.98 Å². The number of fused-ring (bicyclic) bond motifs is 1. The number of methoxy groups -OCH3 is 1. The number of rotatable bonds is 5. The summed E-state index contributed by atoms with van der Waals surface area (Å²) in [6, 6.07) is 15.2. The molecule has 0 aliphatic carbocycles. The summed E-state index contributed by atoms with van der Waals surface area (Å²) in [6.45, 7) is 0.221. The second-order valence-corrected chi connectivity index (χ2v) is 5.32. The van der Waals surface area contributed by atoms with Gasteiger partial charge in [0, 0.05) is 23.6 Å². The topological polar surface area (TPSA) is 76.5 Å². The van der Waals surface area contributed by atoms with Crippen molar-refractivity contribution >= 4 is 22.7 Å². The molecule has 1 heterocycles. The number of hydrogen-bond donors (Lipinski definition) is 1.